The van der Waals surface area contributed by atoms with E-state index in [-0.39, 0.29) is 23.1 Å². The number of hydrogen-bond acceptors (Lipinski definition) is 18. The van der Waals surface area contributed by atoms with Crippen LogP contribution in [0.2, 0.25) is 0 Å². The summed E-state index contributed by atoms with van der Waals surface area (Å²) in [5.74, 6) is -8.27. The highest BCUT2D eigenvalue weighted by Gasteiger charge is 2.79. The van der Waals surface area contributed by atoms with Gasteiger partial charge in [0, 0.05) is 31.1 Å². The molecule has 25 heteroatoms. The van der Waals surface area contributed by atoms with E-state index in [9.17, 15) is 39.0 Å². The average Bonchev–Trinajstić information content (AvgIpc) is 3.29. The summed E-state index contributed by atoms with van der Waals surface area (Å²) in [5, 5.41) is 28.4. The Morgan fingerprint density at radius 1 is 0.838 bits per heavy atom. The fourth-order valence-electron chi connectivity index (χ4n) is 10.5. The van der Waals surface area contributed by atoms with Crippen LogP contribution in [0.25, 0.3) is 0 Å². The number of ketones is 1. The number of amides is 1. The summed E-state index contributed by atoms with van der Waals surface area (Å²) in [6.45, 7) is 9.27. The number of esters is 3. The Balaban J connectivity index is 1.61. The van der Waals surface area contributed by atoms with Crippen LogP contribution >= 0.6 is 69.6 Å². The standard InChI is InChI=1S/C49H55Cl6NO18/c1-24-31-34(71-42(64)68-23-49(53,54)55)28(69-39(61)33(58)32(26-15-11-9-12-16-26)56-40(62)74-43(3,4)5)20-47(65,44(31,6)7)37(72-38(60)27-17-13-10-14-18-27)35-45(8,36(24)59)29(70-41(63)67-22-48(50,51)52)19-30-46(35,21-66-30)73-25(2)57/h9-18,24,28-30,32-33,35,37,58,65H,19-23H2,1-8H3,(H,56,62)/t24-,28+,29+,30-,32+,33-,35+,37+,45-,46+,47-/m1/s1. The number of aliphatic hydroxyl groups excluding tert-OH is 1. The molecule has 0 spiro atoms. The molecule has 3 N–H and O–H groups in total. The van der Waals surface area contributed by atoms with Gasteiger partial charge in [-0.3, -0.25) is 9.59 Å². The molecule has 406 valence electrons. The van der Waals surface area contributed by atoms with Crippen molar-refractivity contribution in [1.29, 1.82) is 0 Å². The SMILES string of the molecule is CC(=O)O[C@@]12CO[C@@H]1C[C@H](OC(=O)OCC(Cl)(Cl)Cl)[C@@]1(C)C(=O)[C@H](C)C3=C(OC(=O)OCC(Cl)(Cl)Cl)[C@@H](OC(=O)[C@H](O)[C@@H](NC(=O)OC(C)(C)C)c4ccccc4)C[C@@](O)([C@@H](OC(=O)c4ccccc4)[C@H]21)C3(C)C. The Hall–Kier alpha value is -4.31. The van der Waals surface area contributed by atoms with Gasteiger partial charge >= 0.3 is 36.3 Å². The second-order valence-electron chi connectivity index (χ2n) is 20.1. The van der Waals surface area contributed by atoms with E-state index in [1.54, 1.807) is 45.0 Å². The van der Waals surface area contributed by atoms with Gasteiger partial charge in [-0.15, -0.1) is 0 Å². The Morgan fingerprint density at radius 2 is 1.41 bits per heavy atom. The minimum atomic E-state index is -2.66. The fraction of sp³-hybridized carbons (Fsp3) is 0.571. The van der Waals surface area contributed by atoms with Crippen molar-refractivity contribution in [3.63, 3.8) is 0 Å². The second-order valence-corrected chi connectivity index (χ2v) is 25.1. The van der Waals surface area contributed by atoms with Crippen LogP contribution in [-0.4, -0.2) is 127 Å². The maximum atomic E-state index is 16.1. The van der Waals surface area contributed by atoms with E-state index >= 15 is 4.79 Å². The van der Waals surface area contributed by atoms with E-state index in [4.69, 9.17) is 112 Å². The molecule has 0 aromatic heterocycles. The van der Waals surface area contributed by atoms with Crippen LogP contribution in [0.1, 0.15) is 90.2 Å². The van der Waals surface area contributed by atoms with Gasteiger partial charge in [0.2, 0.25) is 7.59 Å². The zero-order valence-corrected chi connectivity index (χ0v) is 45.7. The number of nitrogens with one attached hydrogen (secondary N) is 1. The molecule has 0 unspecified atom stereocenters. The molecule has 2 aromatic rings. The van der Waals surface area contributed by atoms with E-state index in [0.29, 0.717) is 0 Å². The molecule has 2 bridgehead atoms. The molecular weight excluding hydrogens is 1100 g/mol. The molecule has 2 aromatic carbocycles. The molecule has 74 heavy (non-hydrogen) atoms. The number of aliphatic hydroxyl groups is 2. The van der Waals surface area contributed by atoms with Crippen molar-refractivity contribution < 1.29 is 86.4 Å². The molecule has 0 radical (unpaired) electrons. The van der Waals surface area contributed by atoms with Gasteiger partial charge in [-0.25, -0.2) is 24.0 Å². The third-order valence-corrected chi connectivity index (χ3v) is 14.3. The number of halogens is 6. The van der Waals surface area contributed by atoms with Crippen LogP contribution in [0, 0.1) is 22.7 Å². The lowest BCUT2D eigenvalue weighted by Gasteiger charge is -2.67. The van der Waals surface area contributed by atoms with E-state index in [1.165, 1.54) is 64.1 Å². The number of hydrogen-bond donors (Lipinski definition) is 3. The quantitative estimate of drug-likeness (QED) is 0.102. The van der Waals surface area contributed by atoms with Crippen LogP contribution < -0.4 is 5.32 Å². The molecule has 1 saturated heterocycles. The first-order chi connectivity index (χ1) is 34.1. The molecule has 3 fully saturated rings. The number of alkyl carbamates (subject to hydrolysis) is 1. The van der Waals surface area contributed by atoms with Crippen molar-refractivity contribution in [2.75, 3.05) is 19.8 Å². The summed E-state index contributed by atoms with van der Waals surface area (Å²) in [4.78, 5) is 99.1. The van der Waals surface area contributed by atoms with Gasteiger partial charge in [0.05, 0.1) is 29.5 Å². The number of alkyl halides is 6. The summed E-state index contributed by atoms with van der Waals surface area (Å²) in [6, 6.07) is 13.7. The lowest BCUT2D eigenvalue weighted by molar-refractivity contribution is -0.345. The third kappa shape index (κ3) is 12.4. The highest BCUT2D eigenvalue weighted by molar-refractivity contribution is 6.68. The molecule has 6 rings (SSSR count). The number of benzene rings is 2. The van der Waals surface area contributed by atoms with Crippen molar-refractivity contribution >= 4 is 112 Å². The van der Waals surface area contributed by atoms with Crippen LogP contribution in [0.5, 0.6) is 0 Å². The molecule has 19 nitrogen and oxygen atoms in total. The second kappa shape index (κ2) is 22.0. The zero-order chi connectivity index (χ0) is 55.1. The van der Waals surface area contributed by atoms with Crippen molar-refractivity contribution in [3.05, 3.63) is 83.1 Å². The highest BCUT2D eigenvalue weighted by Crippen LogP contribution is 2.65. The largest absolute Gasteiger partial charge is 0.513 e. The first-order valence-corrected chi connectivity index (χ1v) is 25.2. The van der Waals surface area contributed by atoms with Crippen LogP contribution in [0.15, 0.2) is 72.0 Å². The number of ether oxygens (including phenoxy) is 9. The summed E-state index contributed by atoms with van der Waals surface area (Å²) < 4.78 is 47.8. The third-order valence-electron chi connectivity index (χ3n) is 13.6. The zero-order valence-electron chi connectivity index (χ0n) is 41.1. The summed E-state index contributed by atoms with van der Waals surface area (Å²) in [5.41, 5.74) is -9.91. The number of carbonyl (C=O) groups is 7. The van der Waals surface area contributed by atoms with Gasteiger partial charge in [0.15, 0.2) is 23.6 Å². The van der Waals surface area contributed by atoms with Crippen LogP contribution in [0.4, 0.5) is 14.4 Å². The first-order valence-electron chi connectivity index (χ1n) is 23.0. The lowest BCUT2D eigenvalue weighted by Crippen LogP contribution is -2.81. The number of rotatable bonds is 12. The smallest absolute Gasteiger partial charge is 0.455 e. The lowest BCUT2D eigenvalue weighted by atomic mass is 9.44. The van der Waals surface area contributed by atoms with Gasteiger partial charge in [0.25, 0.3) is 0 Å². The molecule has 1 heterocycles. The van der Waals surface area contributed by atoms with E-state index in [0.717, 1.165) is 6.92 Å². The number of carbonyl (C=O) groups excluding carboxylic acids is 7. The maximum Gasteiger partial charge on any atom is 0.513 e. The molecule has 11 atom stereocenters. The highest BCUT2D eigenvalue weighted by atomic mass is 35.6. The predicted octanol–water partition coefficient (Wildman–Crippen LogP) is 8.53. The van der Waals surface area contributed by atoms with E-state index in [2.05, 4.69) is 5.32 Å². The maximum absolute atomic E-state index is 16.1. The molecule has 1 amide bonds. The summed E-state index contributed by atoms with van der Waals surface area (Å²) in [7, 11) is 0. The van der Waals surface area contributed by atoms with Crippen LogP contribution in [0.3, 0.4) is 0 Å². The first kappa shape index (κ1) is 58.9. The number of fused-ring (bicyclic) bond motifs is 5. The van der Waals surface area contributed by atoms with Gasteiger partial charge in [-0.1, -0.05) is 139 Å². The summed E-state index contributed by atoms with van der Waals surface area (Å²) >= 11 is 35.3. The van der Waals surface area contributed by atoms with Crippen LogP contribution in [-0.2, 0) is 57.0 Å². The minimum absolute atomic E-state index is 0.0537. The average molecular weight is 1160 g/mol. The molecule has 2 saturated carbocycles. The molecule has 4 aliphatic rings. The van der Waals surface area contributed by atoms with Gasteiger partial charge in [-0.2, -0.15) is 0 Å². The van der Waals surface area contributed by atoms with Gasteiger partial charge < -0.3 is 58.2 Å². The van der Waals surface area contributed by atoms with Gasteiger partial charge in [0.1, 0.15) is 48.5 Å². The Kier molecular flexibility index (Phi) is 17.5. The van der Waals surface area contributed by atoms with E-state index in [1.807, 2.05) is 0 Å². The van der Waals surface area contributed by atoms with Crippen molar-refractivity contribution in [2.24, 2.45) is 22.7 Å². The monoisotopic (exact) mass is 1160 g/mol. The number of Topliss-reactive ketones (excluding diaryl/α,β-unsaturated/α-hetero) is 1. The Bertz CT molecular complexity index is 2510. The van der Waals surface area contributed by atoms with Gasteiger partial charge in [-0.05, 0) is 51.0 Å². The topological polar surface area (TPSA) is 255 Å². The summed E-state index contributed by atoms with van der Waals surface area (Å²) in [6.07, 6.45) is -14.6. The fourth-order valence-corrected chi connectivity index (χ4v) is 10.8. The molecule has 1 aliphatic heterocycles. The Labute approximate surface area is 455 Å². The van der Waals surface area contributed by atoms with E-state index < -0.39 is 158 Å². The van der Waals surface area contributed by atoms with Crippen molar-refractivity contribution in [2.45, 2.75) is 129 Å². The molecule has 3 aliphatic carbocycles. The predicted molar refractivity (Wildman–Crippen MR) is 264 cm³/mol. The Morgan fingerprint density at radius 3 is 1.93 bits per heavy atom. The van der Waals surface area contributed by atoms with Crippen molar-refractivity contribution in [1.82, 2.24) is 5.32 Å². The molecular formula is C49H55Cl6NO18. The van der Waals surface area contributed by atoms with Crippen molar-refractivity contribution in [3.8, 4) is 0 Å². The normalized spacial score (nSPS) is 29.2. The minimum Gasteiger partial charge on any atom is -0.455 e.